The molecular formula is C19H20N6O. The molecular weight excluding hydrogens is 328 g/mol. The summed E-state index contributed by atoms with van der Waals surface area (Å²) in [6.07, 6.45) is 3.58. The molecule has 0 saturated heterocycles. The topological polar surface area (TPSA) is 76.8 Å². The highest BCUT2D eigenvalue weighted by Gasteiger charge is 2.46. The Morgan fingerprint density at radius 1 is 1.04 bits per heavy atom. The zero-order valence-electron chi connectivity index (χ0n) is 15.5. The first-order valence-electron chi connectivity index (χ1n) is 8.45. The van der Waals surface area contributed by atoms with Crippen LogP contribution in [0.1, 0.15) is 31.1 Å². The van der Waals surface area contributed by atoms with Gasteiger partial charge in [-0.1, -0.05) is 12.1 Å². The van der Waals surface area contributed by atoms with Crippen LogP contribution < -0.4 is 4.90 Å². The molecule has 1 amide bonds. The van der Waals surface area contributed by atoms with E-state index in [2.05, 4.69) is 20.1 Å². The number of anilines is 2. The smallest absolute Gasteiger partial charge is 0.256 e. The Kier molecular flexibility index (Phi) is 3.44. The molecule has 0 unspecified atom stereocenters. The van der Waals surface area contributed by atoms with Crippen LogP contribution in [0.15, 0.2) is 30.6 Å². The first kappa shape index (κ1) is 16.4. The Hall–Kier alpha value is -3.09. The van der Waals surface area contributed by atoms with Gasteiger partial charge in [0.05, 0.1) is 11.1 Å². The van der Waals surface area contributed by atoms with E-state index in [1.165, 1.54) is 0 Å². The highest BCUT2D eigenvalue weighted by atomic mass is 16.2. The molecule has 0 saturated carbocycles. The van der Waals surface area contributed by atoms with E-state index in [1.807, 2.05) is 52.9 Å². The number of aryl methyl sites for hydroxylation is 3. The van der Waals surface area contributed by atoms with Gasteiger partial charge in [-0.25, -0.2) is 14.9 Å². The van der Waals surface area contributed by atoms with Crippen LogP contribution in [-0.2, 0) is 17.3 Å². The van der Waals surface area contributed by atoms with Crippen LogP contribution in [0.25, 0.3) is 11.1 Å². The number of aromatic nitrogens is 5. The summed E-state index contributed by atoms with van der Waals surface area (Å²) in [4.78, 5) is 27.7. The average molecular weight is 348 g/mol. The fourth-order valence-electron chi connectivity index (χ4n) is 3.21. The maximum absolute atomic E-state index is 13.1. The molecule has 1 aliphatic rings. The van der Waals surface area contributed by atoms with Crippen molar-refractivity contribution in [2.45, 2.75) is 33.1 Å². The predicted molar refractivity (Wildman–Crippen MR) is 98.1 cm³/mol. The summed E-state index contributed by atoms with van der Waals surface area (Å²) in [5, 5.41) is 4.41. The van der Waals surface area contributed by atoms with Gasteiger partial charge < -0.3 is 0 Å². The van der Waals surface area contributed by atoms with Crippen LogP contribution in [0.4, 0.5) is 11.6 Å². The van der Waals surface area contributed by atoms with Gasteiger partial charge in [0.1, 0.15) is 11.6 Å². The summed E-state index contributed by atoms with van der Waals surface area (Å²) in [5.74, 6) is 1.85. The van der Waals surface area contributed by atoms with Gasteiger partial charge in [-0.15, -0.1) is 5.10 Å². The molecule has 0 spiro atoms. The van der Waals surface area contributed by atoms with Gasteiger partial charge in [0.2, 0.25) is 5.91 Å². The van der Waals surface area contributed by atoms with Gasteiger partial charge in [0.25, 0.3) is 5.95 Å². The maximum atomic E-state index is 13.1. The Labute approximate surface area is 151 Å². The molecule has 2 aromatic heterocycles. The molecule has 0 fully saturated rings. The van der Waals surface area contributed by atoms with Crippen LogP contribution >= 0.6 is 0 Å². The third kappa shape index (κ3) is 2.31. The van der Waals surface area contributed by atoms with Gasteiger partial charge in [-0.2, -0.15) is 4.98 Å². The highest BCUT2D eigenvalue weighted by molar-refractivity contribution is 6.11. The molecule has 0 N–H and O–H groups in total. The second-order valence-electron chi connectivity index (χ2n) is 7.10. The molecule has 0 radical (unpaired) electrons. The number of amides is 1. The Morgan fingerprint density at radius 2 is 1.73 bits per heavy atom. The minimum absolute atomic E-state index is 0.0320. The van der Waals surface area contributed by atoms with Crippen molar-refractivity contribution in [1.29, 1.82) is 0 Å². The molecule has 7 nitrogen and oxygen atoms in total. The molecule has 0 bridgehead atoms. The molecule has 26 heavy (non-hydrogen) atoms. The summed E-state index contributed by atoms with van der Waals surface area (Å²) < 4.78 is 1.67. The highest BCUT2D eigenvalue weighted by Crippen LogP contribution is 2.45. The SMILES string of the molecule is Cc1ncc(-c2ccc3c(c2)N(c2nc(C)n(C)n2)C(=O)C3(C)C)cn1. The van der Waals surface area contributed by atoms with E-state index in [0.717, 1.165) is 34.0 Å². The van der Waals surface area contributed by atoms with Gasteiger partial charge in [-0.3, -0.25) is 9.48 Å². The van der Waals surface area contributed by atoms with E-state index in [4.69, 9.17) is 0 Å². The summed E-state index contributed by atoms with van der Waals surface area (Å²) in [6, 6.07) is 5.99. The largest absolute Gasteiger partial charge is 0.273 e. The van der Waals surface area contributed by atoms with Gasteiger partial charge >= 0.3 is 0 Å². The molecule has 3 aromatic rings. The summed E-state index contributed by atoms with van der Waals surface area (Å²) in [7, 11) is 1.82. The van der Waals surface area contributed by atoms with Crippen molar-refractivity contribution in [3.05, 3.63) is 47.8 Å². The molecule has 7 heteroatoms. The van der Waals surface area contributed by atoms with Crippen LogP contribution in [0.5, 0.6) is 0 Å². The zero-order chi connectivity index (χ0) is 18.6. The first-order chi connectivity index (χ1) is 12.3. The minimum Gasteiger partial charge on any atom is -0.273 e. The fraction of sp³-hybridized carbons (Fsp3) is 0.316. The van der Waals surface area contributed by atoms with Crippen molar-refractivity contribution in [1.82, 2.24) is 24.7 Å². The van der Waals surface area contributed by atoms with Crippen molar-refractivity contribution in [2.75, 3.05) is 4.90 Å². The van der Waals surface area contributed by atoms with Gasteiger partial charge in [-0.05, 0) is 44.9 Å². The summed E-state index contributed by atoms with van der Waals surface area (Å²) in [6.45, 7) is 7.57. The van der Waals surface area contributed by atoms with Gasteiger partial charge in [0.15, 0.2) is 0 Å². The molecule has 0 aliphatic carbocycles. The van der Waals surface area contributed by atoms with E-state index in [9.17, 15) is 4.79 Å². The standard InChI is InChI=1S/C19H20N6O/c1-11-20-9-14(10-21-11)13-6-7-15-16(8-13)25(17(26)19(15,3)4)18-22-12(2)24(5)23-18/h6-10H,1-5H3. The lowest BCUT2D eigenvalue weighted by atomic mass is 9.85. The van der Waals surface area contributed by atoms with E-state index in [0.29, 0.717) is 5.95 Å². The number of benzene rings is 1. The summed E-state index contributed by atoms with van der Waals surface area (Å²) in [5.41, 5.74) is 2.99. The average Bonchev–Trinajstić information content (AvgIpc) is 3.03. The molecule has 132 valence electrons. The van der Waals surface area contributed by atoms with E-state index < -0.39 is 5.41 Å². The van der Waals surface area contributed by atoms with Crippen molar-refractivity contribution in [3.8, 4) is 11.1 Å². The number of nitrogens with zero attached hydrogens (tertiary/aromatic N) is 6. The van der Waals surface area contributed by atoms with E-state index in [1.54, 1.807) is 22.0 Å². The lowest BCUT2D eigenvalue weighted by Crippen LogP contribution is -2.33. The van der Waals surface area contributed by atoms with Crippen molar-refractivity contribution < 1.29 is 4.79 Å². The summed E-state index contributed by atoms with van der Waals surface area (Å²) >= 11 is 0. The second-order valence-corrected chi connectivity index (χ2v) is 7.10. The van der Waals surface area contributed by atoms with Crippen LogP contribution in [0.3, 0.4) is 0 Å². The number of fused-ring (bicyclic) bond motifs is 1. The first-order valence-corrected chi connectivity index (χ1v) is 8.45. The molecule has 1 aromatic carbocycles. The van der Waals surface area contributed by atoms with Crippen LogP contribution in [0.2, 0.25) is 0 Å². The zero-order valence-corrected chi connectivity index (χ0v) is 15.5. The predicted octanol–water partition coefficient (Wildman–Crippen LogP) is 2.84. The Bertz CT molecular complexity index is 1000. The van der Waals surface area contributed by atoms with Crippen molar-refractivity contribution in [3.63, 3.8) is 0 Å². The number of hydrogen-bond donors (Lipinski definition) is 0. The lowest BCUT2D eigenvalue weighted by Gasteiger charge is -2.17. The van der Waals surface area contributed by atoms with Crippen LogP contribution in [-0.4, -0.2) is 30.6 Å². The normalized spacial score (nSPS) is 15.4. The Morgan fingerprint density at radius 3 is 2.35 bits per heavy atom. The number of carbonyl (C=O) groups excluding carboxylic acids is 1. The van der Waals surface area contributed by atoms with Crippen molar-refractivity contribution in [2.24, 2.45) is 7.05 Å². The van der Waals surface area contributed by atoms with Crippen molar-refractivity contribution >= 4 is 17.5 Å². The van der Waals surface area contributed by atoms with E-state index in [-0.39, 0.29) is 5.91 Å². The monoisotopic (exact) mass is 348 g/mol. The maximum Gasteiger partial charge on any atom is 0.256 e. The third-order valence-corrected chi connectivity index (χ3v) is 4.93. The van der Waals surface area contributed by atoms with Gasteiger partial charge in [0, 0.05) is 25.0 Å². The number of rotatable bonds is 2. The minimum atomic E-state index is -0.634. The number of hydrogen-bond acceptors (Lipinski definition) is 5. The molecule has 1 aliphatic heterocycles. The fourth-order valence-corrected chi connectivity index (χ4v) is 3.21. The number of carbonyl (C=O) groups is 1. The third-order valence-electron chi connectivity index (χ3n) is 4.93. The van der Waals surface area contributed by atoms with Crippen LogP contribution in [0, 0.1) is 13.8 Å². The molecule has 4 rings (SSSR count). The lowest BCUT2D eigenvalue weighted by molar-refractivity contribution is -0.121. The second kappa shape index (κ2) is 5.45. The molecule has 3 heterocycles. The quantitative estimate of drug-likeness (QED) is 0.712. The molecule has 0 atom stereocenters. The van der Waals surface area contributed by atoms with E-state index >= 15 is 0 Å². The Balaban J connectivity index is 1.88.